The molecule has 7 heteroatoms. The number of nitrogens with one attached hydrogen (secondary N) is 1. The van der Waals surface area contributed by atoms with Gasteiger partial charge in [0.1, 0.15) is 5.69 Å². The molecular formula is C22H25BrN4O2. The van der Waals surface area contributed by atoms with Gasteiger partial charge in [-0.25, -0.2) is 4.98 Å². The second-order valence-electron chi connectivity index (χ2n) is 7.58. The van der Waals surface area contributed by atoms with E-state index in [1.807, 2.05) is 41.9 Å². The zero-order chi connectivity index (χ0) is 20.4. The number of β-amino-alcohol motifs (C(OH)–C–C–N with tert-alkyl or cyclic N) is 1. The summed E-state index contributed by atoms with van der Waals surface area (Å²) in [5.41, 5.74) is 3.64. The van der Waals surface area contributed by atoms with Gasteiger partial charge in [0.15, 0.2) is 5.65 Å². The fraction of sp³-hybridized carbons (Fsp3) is 0.364. The quantitative estimate of drug-likeness (QED) is 0.619. The van der Waals surface area contributed by atoms with E-state index in [4.69, 9.17) is 0 Å². The molecule has 2 unspecified atom stereocenters. The number of rotatable bonds is 5. The van der Waals surface area contributed by atoms with Crippen molar-refractivity contribution in [1.82, 2.24) is 19.6 Å². The van der Waals surface area contributed by atoms with Crippen LogP contribution in [0, 0.1) is 5.92 Å². The molecule has 2 aromatic heterocycles. The van der Waals surface area contributed by atoms with Crippen LogP contribution in [0.2, 0.25) is 0 Å². The van der Waals surface area contributed by atoms with Crippen LogP contribution in [0.3, 0.4) is 0 Å². The average Bonchev–Trinajstić information content (AvgIpc) is 3.16. The maximum Gasteiger partial charge on any atom is 0.274 e. The molecule has 0 spiro atoms. The van der Waals surface area contributed by atoms with Gasteiger partial charge in [-0.3, -0.25) is 4.79 Å². The number of hydrogen-bond donors (Lipinski definition) is 2. The second-order valence-corrected chi connectivity index (χ2v) is 8.44. The summed E-state index contributed by atoms with van der Waals surface area (Å²) in [6, 6.07) is 12.1. The van der Waals surface area contributed by atoms with Gasteiger partial charge >= 0.3 is 0 Å². The molecule has 3 heterocycles. The first-order chi connectivity index (χ1) is 14.1. The van der Waals surface area contributed by atoms with Crippen LogP contribution in [-0.2, 0) is 13.0 Å². The van der Waals surface area contributed by atoms with Crippen molar-refractivity contribution in [3.8, 4) is 0 Å². The first-order valence-corrected chi connectivity index (χ1v) is 10.7. The molecule has 0 saturated carbocycles. The number of pyridine rings is 1. The molecule has 1 aliphatic rings. The van der Waals surface area contributed by atoms with Crippen LogP contribution >= 0.6 is 15.9 Å². The van der Waals surface area contributed by atoms with Crippen molar-refractivity contribution in [2.24, 2.45) is 5.92 Å². The summed E-state index contributed by atoms with van der Waals surface area (Å²) in [4.78, 5) is 19.1. The van der Waals surface area contributed by atoms with E-state index in [1.165, 1.54) is 11.1 Å². The normalized spacial score (nSPS) is 19.6. The summed E-state index contributed by atoms with van der Waals surface area (Å²) in [6.45, 7) is 1.78. The minimum atomic E-state index is -0.542. The third-order valence-electron chi connectivity index (χ3n) is 5.63. The molecule has 29 heavy (non-hydrogen) atoms. The van der Waals surface area contributed by atoms with Gasteiger partial charge in [0.05, 0.1) is 10.6 Å². The van der Waals surface area contributed by atoms with Crippen LogP contribution in [-0.4, -0.2) is 51.5 Å². The molecule has 1 amide bonds. The number of hydrogen-bond acceptors (Lipinski definition) is 4. The number of halogens is 1. The SMILES string of the molecule is CNCc1ccccc1CC1CCN(C(=O)c2cn3cccc(Br)c3n2)CC1O. The molecule has 6 nitrogen and oxygen atoms in total. The topological polar surface area (TPSA) is 69.9 Å². The minimum absolute atomic E-state index is 0.131. The Kier molecular flexibility index (Phi) is 5.99. The highest BCUT2D eigenvalue weighted by Crippen LogP contribution is 2.25. The van der Waals surface area contributed by atoms with Crippen LogP contribution in [0.15, 0.2) is 53.3 Å². The zero-order valence-corrected chi connectivity index (χ0v) is 18.0. The molecule has 1 aromatic carbocycles. The number of amides is 1. The van der Waals surface area contributed by atoms with Gasteiger partial charge in [-0.05, 0) is 65.0 Å². The van der Waals surface area contributed by atoms with Gasteiger partial charge < -0.3 is 19.7 Å². The Balaban J connectivity index is 1.44. The Morgan fingerprint density at radius 3 is 2.79 bits per heavy atom. The predicted molar refractivity (Wildman–Crippen MR) is 116 cm³/mol. The monoisotopic (exact) mass is 456 g/mol. The van der Waals surface area contributed by atoms with Crippen LogP contribution in [0.1, 0.15) is 28.0 Å². The summed E-state index contributed by atoms with van der Waals surface area (Å²) in [5, 5.41) is 14.0. The number of aliphatic hydroxyl groups excluding tert-OH is 1. The predicted octanol–water partition coefficient (Wildman–Crippen LogP) is 2.88. The smallest absolute Gasteiger partial charge is 0.274 e. The molecule has 0 aliphatic carbocycles. The number of imidazole rings is 1. The standard InChI is InChI=1S/C22H25BrN4O2/c1-24-12-17-6-3-2-5-15(17)11-16-8-10-27(14-20(16)28)22(29)19-13-26-9-4-7-18(23)21(26)25-19/h2-7,9,13,16,20,24,28H,8,10-12,14H2,1H3. The van der Waals surface area contributed by atoms with Crippen LogP contribution in [0.5, 0.6) is 0 Å². The van der Waals surface area contributed by atoms with Gasteiger partial charge in [-0.2, -0.15) is 0 Å². The van der Waals surface area contributed by atoms with E-state index in [-0.39, 0.29) is 11.8 Å². The van der Waals surface area contributed by atoms with Gasteiger partial charge in [0.2, 0.25) is 0 Å². The molecule has 0 bridgehead atoms. The second kappa shape index (κ2) is 8.65. The maximum absolute atomic E-state index is 12.9. The van der Waals surface area contributed by atoms with Gasteiger partial charge in [0.25, 0.3) is 5.91 Å². The lowest BCUT2D eigenvalue weighted by Crippen LogP contribution is -2.47. The molecule has 1 aliphatic heterocycles. The minimum Gasteiger partial charge on any atom is -0.391 e. The van der Waals surface area contributed by atoms with Crippen molar-refractivity contribution < 1.29 is 9.90 Å². The Bertz CT molecular complexity index is 1020. The van der Waals surface area contributed by atoms with Gasteiger partial charge in [0, 0.05) is 32.0 Å². The number of aliphatic hydroxyl groups is 1. The third kappa shape index (κ3) is 4.22. The maximum atomic E-state index is 12.9. The number of nitrogens with zero attached hydrogens (tertiary/aromatic N) is 3. The number of carbonyl (C=O) groups is 1. The van der Waals surface area contributed by atoms with E-state index in [0.29, 0.717) is 24.4 Å². The fourth-order valence-corrected chi connectivity index (χ4v) is 4.49. The Morgan fingerprint density at radius 2 is 2.07 bits per heavy atom. The summed E-state index contributed by atoms with van der Waals surface area (Å²) in [6.07, 6.45) is 4.67. The number of benzene rings is 1. The lowest BCUT2D eigenvalue weighted by atomic mass is 9.86. The summed E-state index contributed by atoms with van der Waals surface area (Å²) < 4.78 is 2.68. The van der Waals surface area contributed by atoms with E-state index >= 15 is 0 Å². The first kappa shape index (κ1) is 20.1. The van der Waals surface area contributed by atoms with Crippen molar-refractivity contribution in [3.05, 3.63) is 70.1 Å². The number of piperidine rings is 1. The molecule has 1 saturated heterocycles. The van der Waals surface area contributed by atoms with Crippen LogP contribution in [0.4, 0.5) is 0 Å². The number of fused-ring (bicyclic) bond motifs is 1. The Morgan fingerprint density at radius 1 is 1.28 bits per heavy atom. The summed E-state index contributed by atoms with van der Waals surface area (Å²) in [7, 11) is 1.94. The van der Waals surface area contributed by atoms with Crippen molar-refractivity contribution in [3.63, 3.8) is 0 Å². The molecule has 0 radical (unpaired) electrons. The highest BCUT2D eigenvalue weighted by Gasteiger charge is 2.31. The highest BCUT2D eigenvalue weighted by molar-refractivity contribution is 9.10. The van der Waals surface area contributed by atoms with Gasteiger partial charge in [-0.15, -0.1) is 0 Å². The molecule has 2 atom stereocenters. The van der Waals surface area contributed by atoms with Crippen molar-refractivity contribution in [2.75, 3.05) is 20.1 Å². The lowest BCUT2D eigenvalue weighted by Gasteiger charge is -2.36. The zero-order valence-electron chi connectivity index (χ0n) is 16.4. The van der Waals surface area contributed by atoms with Crippen molar-refractivity contribution in [1.29, 1.82) is 0 Å². The molecule has 4 rings (SSSR count). The first-order valence-electron chi connectivity index (χ1n) is 9.88. The molecule has 2 N–H and O–H groups in total. The number of aromatic nitrogens is 2. The van der Waals surface area contributed by atoms with Crippen molar-refractivity contribution >= 4 is 27.5 Å². The summed E-state index contributed by atoms with van der Waals surface area (Å²) in [5.74, 6) is 0.0148. The number of likely N-dealkylation sites (tertiary alicyclic amines) is 1. The summed E-state index contributed by atoms with van der Waals surface area (Å²) >= 11 is 3.47. The third-order valence-corrected chi connectivity index (χ3v) is 6.25. The Labute approximate surface area is 178 Å². The molecular weight excluding hydrogens is 432 g/mol. The number of carbonyl (C=O) groups excluding carboxylic acids is 1. The van der Waals surface area contributed by atoms with E-state index in [0.717, 1.165) is 23.9 Å². The largest absolute Gasteiger partial charge is 0.391 e. The van der Waals surface area contributed by atoms with Crippen LogP contribution < -0.4 is 5.32 Å². The van der Waals surface area contributed by atoms with E-state index < -0.39 is 6.10 Å². The molecule has 152 valence electrons. The van der Waals surface area contributed by atoms with Crippen LogP contribution in [0.25, 0.3) is 5.65 Å². The molecule has 1 fully saturated rings. The average molecular weight is 457 g/mol. The van der Waals surface area contributed by atoms with E-state index in [2.05, 4.69) is 38.4 Å². The van der Waals surface area contributed by atoms with Gasteiger partial charge in [-0.1, -0.05) is 24.3 Å². The fourth-order valence-electron chi connectivity index (χ4n) is 4.05. The molecule has 3 aromatic rings. The van der Waals surface area contributed by atoms with Crippen molar-refractivity contribution in [2.45, 2.75) is 25.5 Å². The highest BCUT2D eigenvalue weighted by atomic mass is 79.9. The lowest BCUT2D eigenvalue weighted by molar-refractivity contribution is 0.0194. The van der Waals surface area contributed by atoms with E-state index in [1.54, 1.807) is 11.1 Å². The Hall–Kier alpha value is -2.22. The van der Waals surface area contributed by atoms with E-state index in [9.17, 15) is 9.90 Å².